The Labute approximate surface area is 84.8 Å². The van der Waals surface area contributed by atoms with Gasteiger partial charge in [0.15, 0.2) is 5.96 Å². The molecule has 0 saturated heterocycles. The molecule has 0 amide bonds. The van der Waals surface area contributed by atoms with Crippen molar-refractivity contribution in [2.45, 2.75) is 32.7 Å². The number of nitrogens with two attached hydrogens (primary N) is 1. The van der Waals surface area contributed by atoms with Gasteiger partial charge in [0, 0.05) is 13.1 Å². The number of guanidine groups is 1. The highest BCUT2D eigenvalue weighted by Gasteiger charge is 2.17. The molecule has 1 unspecified atom stereocenters. The molecule has 0 aromatic heterocycles. The highest BCUT2D eigenvalue weighted by molar-refractivity contribution is 8.93. The molecule has 0 bridgehead atoms. The molecule has 1 rings (SSSR count). The van der Waals surface area contributed by atoms with Gasteiger partial charge in [-0.3, -0.25) is 0 Å². The fourth-order valence-corrected chi connectivity index (χ4v) is 1.32. The van der Waals surface area contributed by atoms with Crippen molar-refractivity contribution in [2.75, 3.05) is 13.1 Å². The molecule has 1 aliphatic rings. The van der Waals surface area contributed by atoms with E-state index in [9.17, 15) is 0 Å². The van der Waals surface area contributed by atoms with Gasteiger partial charge in [-0.15, -0.1) is 17.0 Å². The minimum absolute atomic E-state index is 0. The van der Waals surface area contributed by atoms with Crippen LogP contribution in [0.4, 0.5) is 0 Å². The Balaban J connectivity index is 0.00000121. The molecule has 72 valence electrons. The summed E-state index contributed by atoms with van der Waals surface area (Å²) in [4.78, 5) is 6.40. The van der Waals surface area contributed by atoms with Crippen molar-refractivity contribution in [3.8, 4) is 0 Å². The fourth-order valence-electron chi connectivity index (χ4n) is 1.32. The third-order valence-corrected chi connectivity index (χ3v) is 1.94. The summed E-state index contributed by atoms with van der Waals surface area (Å²) in [6.07, 6.45) is 2.43. The normalized spacial score (nSPS) is 22.0. The van der Waals surface area contributed by atoms with E-state index in [4.69, 9.17) is 5.73 Å². The molecule has 1 aliphatic heterocycles. The SMILES string of the molecule is Br.CCCCN1CC(C)N=C1N. The summed E-state index contributed by atoms with van der Waals surface area (Å²) in [5.74, 6) is 0.728. The van der Waals surface area contributed by atoms with E-state index in [1.165, 1.54) is 12.8 Å². The molecule has 0 aromatic rings. The van der Waals surface area contributed by atoms with E-state index in [1.54, 1.807) is 0 Å². The Bertz CT molecular complexity index is 158. The molecule has 0 radical (unpaired) electrons. The van der Waals surface area contributed by atoms with E-state index in [0.717, 1.165) is 19.0 Å². The molecule has 3 nitrogen and oxygen atoms in total. The molecule has 1 atom stereocenters. The van der Waals surface area contributed by atoms with Crippen molar-refractivity contribution in [2.24, 2.45) is 10.7 Å². The van der Waals surface area contributed by atoms with E-state index in [2.05, 4.69) is 23.7 Å². The molecule has 0 saturated carbocycles. The molecule has 4 heteroatoms. The largest absolute Gasteiger partial charge is 0.370 e. The summed E-state index contributed by atoms with van der Waals surface area (Å²) in [6.45, 7) is 6.35. The van der Waals surface area contributed by atoms with Gasteiger partial charge in [0.25, 0.3) is 0 Å². The van der Waals surface area contributed by atoms with Gasteiger partial charge in [-0.25, -0.2) is 4.99 Å². The number of hydrogen-bond acceptors (Lipinski definition) is 3. The molecule has 0 fully saturated rings. The Morgan fingerprint density at radius 2 is 2.33 bits per heavy atom. The number of hydrogen-bond donors (Lipinski definition) is 1. The van der Waals surface area contributed by atoms with Gasteiger partial charge >= 0.3 is 0 Å². The minimum Gasteiger partial charge on any atom is -0.370 e. The average Bonchev–Trinajstić information content (AvgIpc) is 2.26. The second-order valence-corrected chi connectivity index (χ2v) is 3.14. The number of rotatable bonds is 3. The summed E-state index contributed by atoms with van der Waals surface area (Å²) in [5, 5.41) is 0. The van der Waals surface area contributed by atoms with E-state index in [1.807, 2.05) is 0 Å². The molecular weight excluding hydrogens is 218 g/mol. The lowest BCUT2D eigenvalue weighted by Crippen LogP contribution is -2.35. The van der Waals surface area contributed by atoms with Gasteiger partial charge < -0.3 is 10.6 Å². The van der Waals surface area contributed by atoms with Crippen molar-refractivity contribution < 1.29 is 0 Å². The maximum absolute atomic E-state index is 5.69. The lowest BCUT2D eigenvalue weighted by atomic mass is 10.3. The van der Waals surface area contributed by atoms with Crippen molar-refractivity contribution in [1.29, 1.82) is 0 Å². The molecule has 0 aromatic carbocycles. The van der Waals surface area contributed by atoms with E-state index < -0.39 is 0 Å². The van der Waals surface area contributed by atoms with Gasteiger partial charge in [-0.1, -0.05) is 13.3 Å². The molecule has 2 N–H and O–H groups in total. The lowest BCUT2D eigenvalue weighted by molar-refractivity contribution is 0.417. The summed E-state index contributed by atoms with van der Waals surface area (Å²) in [6, 6.07) is 0.395. The fraction of sp³-hybridized carbons (Fsp3) is 0.875. The second-order valence-electron chi connectivity index (χ2n) is 3.14. The Hall–Kier alpha value is -0.250. The maximum Gasteiger partial charge on any atom is 0.191 e. The van der Waals surface area contributed by atoms with Crippen molar-refractivity contribution in [3.05, 3.63) is 0 Å². The van der Waals surface area contributed by atoms with Crippen LogP contribution < -0.4 is 5.73 Å². The predicted octanol–water partition coefficient (Wildman–Crippen LogP) is 1.38. The standard InChI is InChI=1S/C8H17N3.BrH/c1-3-4-5-11-6-7(2)10-8(11)9;/h7H,3-6H2,1-2H3,(H2,9,10);1H. The van der Waals surface area contributed by atoms with Crippen LogP contribution in [-0.4, -0.2) is 30.0 Å². The highest BCUT2D eigenvalue weighted by atomic mass is 79.9. The summed E-state index contributed by atoms with van der Waals surface area (Å²) in [7, 11) is 0. The van der Waals surface area contributed by atoms with E-state index in [0.29, 0.717) is 6.04 Å². The van der Waals surface area contributed by atoms with Crippen LogP contribution in [-0.2, 0) is 0 Å². The third-order valence-electron chi connectivity index (χ3n) is 1.94. The number of aliphatic imine (C=N–C) groups is 1. The van der Waals surface area contributed by atoms with Gasteiger partial charge in [0.2, 0.25) is 0 Å². The predicted molar refractivity (Wildman–Crippen MR) is 57.9 cm³/mol. The summed E-state index contributed by atoms with van der Waals surface area (Å²) in [5.41, 5.74) is 5.69. The first-order chi connectivity index (χ1) is 5.24. The quantitative estimate of drug-likeness (QED) is 0.804. The second kappa shape index (κ2) is 5.41. The van der Waals surface area contributed by atoms with Gasteiger partial charge in [0.1, 0.15) is 0 Å². The summed E-state index contributed by atoms with van der Waals surface area (Å²) >= 11 is 0. The first-order valence-electron chi connectivity index (χ1n) is 4.32. The van der Waals surface area contributed by atoms with Crippen LogP contribution >= 0.6 is 17.0 Å². The van der Waals surface area contributed by atoms with Crippen LogP contribution in [0.5, 0.6) is 0 Å². The Kier molecular flexibility index (Phi) is 5.29. The molecule has 0 spiro atoms. The van der Waals surface area contributed by atoms with E-state index in [-0.39, 0.29) is 17.0 Å². The van der Waals surface area contributed by atoms with Crippen LogP contribution in [0.15, 0.2) is 4.99 Å². The zero-order valence-electron chi connectivity index (χ0n) is 7.79. The molecule has 0 aliphatic carbocycles. The van der Waals surface area contributed by atoms with Crippen LogP contribution in [0.25, 0.3) is 0 Å². The third kappa shape index (κ3) is 3.01. The topological polar surface area (TPSA) is 41.6 Å². The van der Waals surface area contributed by atoms with Crippen LogP contribution in [0.2, 0.25) is 0 Å². The van der Waals surface area contributed by atoms with Crippen LogP contribution in [0.1, 0.15) is 26.7 Å². The highest BCUT2D eigenvalue weighted by Crippen LogP contribution is 2.06. The maximum atomic E-state index is 5.69. The summed E-state index contributed by atoms with van der Waals surface area (Å²) < 4.78 is 0. The van der Waals surface area contributed by atoms with E-state index >= 15 is 0 Å². The first-order valence-corrected chi connectivity index (χ1v) is 4.32. The number of nitrogens with zero attached hydrogens (tertiary/aromatic N) is 2. The minimum atomic E-state index is 0. The smallest absolute Gasteiger partial charge is 0.191 e. The van der Waals surface area contributed by atoms with Gasteiger partial charge in [-0.2, -0.15) is 0 Å². The lowest BCUT2D eigenvalue weighted by Gasteiger charge is -2.16. The Morgan fingerprint density at radius 3 is 2.75 bits per heavy atom. The van der Waals surface area contributed by atoms with Gasteiger partial charge in [-0.05, 0) is 13.3 Å². The van der Waals surface area contributed by atoms with Crippen LogP contribution in [0.3, 0.4) is 0 Å². The van der Waals surface area contributed by atoms with Crippen molar-refractivity contribution in [3.63, 3.8) is 0 Å². The zero-order chi connectivity index (χ0) is 8.27. The first kappa shape index (κ1) is 11.8. The monoisotopic (exact) mass is 235 g/mol. The number of unbranched alkanes of at least 4 members (excludes halogenated alkanes) is 1. The number of halogens is 1. The average molecular weight is 236 g/mol. The molecule has 1 heterocycles. The molecular formula is C8H18BrN3. The molecule has 12 heavy (non-hydrogen) atoms. The zero-order valence-corrected chi connectivity index (χ0v) is 9.50. The van der Waals surface area contributed by atoms with Crippen molar-refractivity contribution in [1.82, 2.24) is 4.90 Å². The van der Waals surface area contributed by atoms with Crippen molar-refractivity contribution >= 4 is 22.9 Å². The van der Waals surface area contributed by atoms with Gasteiger partial charge in [0.05, 0.1) is 6.04 Å². The Morgan fingerprint density at radius 1 is 1.67 bits per heavy atom. The van der Waals surface area contributed by atoms with Crippen LogP contribution in [0, 0.1) is 0 Å².